The molecule has 2 N–H and O–H groups in total. The summed E-state index contributed by atoms with van der Waals surface area (Å²) in [5, 5.41) is 19.8. The maximum absolute atomic E-state index is 11.5. The summed E-state index contributed by atoms with van der Waals surface area (Å²) in [6, 6.07) is 6.45. The molecule has 0 spiro atoms. The SMILES string of the molecule is N#CCSCC(=O)Nc1ccc(Br)c(C(=O)O)c1. The number of rotatable bonds is 5. The Morgan fingerprint density at radius 1 is 1.50 bits per heavy atom. The monoisotopic (exact) mass is 328 g/mol. The van der Waals surface area contributed by atoms with E-state index in [2.05, 4.69) is 21.2 Å². The Morgan fingerprint density at radius 3 is 2.83 bits per heavy atom. The van der Waals surface area contributed by atoms with Crippen molar-refractivity contribution in [2.45, 2.75) is 0 Å². The summed E-state index contributed by atoms with van der Waals surface area (Å²) >= 11 is 4.31. The van der Waals surface area contributed by atoms with Gasteiger partial charge in [-0.05, 0) is 34.1 Å². The van der Waals surface area contributed by atoms with Crippen LogP contribution in [0.25, 0.3) is 0 Å². The first-order chi connectivity index (χ1) is 8.54. The molecule has 1 aromatic carbocycles. The average Bonchev–Trinajstić information content (AvgIpc) is 2.31. The number of aromatic carboxylic acids is 1. The Hall–Kier alpha value is -1.52. The molecular formula is C11H9BrN2O3S. The van der Waals surface area contributed by atoms with Crippen LogP contribution in [0.15, 0.2) is 22.7 Å². The number of anilines is 1. The summed E-state index contributed by atoms with van der Waals surface area (Å²) in [6.07, 6.45) is 0. The molecule has 0 bridgehead atoms. The smallest absolute Gasteiger partial charge is 0.336 e. The van der Waals surface area contributed by atoms with E-state index in [1.165, 1.54) is 17.8 Å². The molecular weight excluding hydrogens is 320 g/mol. The number of carbonyl (C=O) groups is 2. The van der Waals surface area contributed by atoms with Crippen molar-refractivity contribution in [1.29, 1.82) is 5.26 Å². The first-order valence-electron chi connectivity index (χ1n) is 4.82. The summed E-state index contributed by atoms with van der Waals surface area (Å²) in [5.74, 6) is -0.939. The zero-order chi connectivity index (χ0) is 13.5. The van der Waals surface area contributed by atoms with Crippen molar-refractivity contribution >= 4 is 45.3 Å². The number of carboxylic acid groups (broad SMARTS) is 1. The van der Waals surface area contributed by atoms with Crippen molar-refractivity contribution in [2.24, 2.45) is 0 Å². The first-order valence-corrected chi connectivity index (χ1v) is 6.76. The minimum absolute atomic E-state index is 0.0810. The van der Waals surface area contributed by atoms with Gasteiger partial charge in [-0.25, -0.2) is 4.79 Å². The van der Waals surface area contributed by atoms with Gasteiger partial charge in [0, 0.05) is 10.2 Å². The number of hydrogen-bond acceptors (Lipinski definition) is 4. The number of nitrogens with zero attached hydrogens (tertiary/aromatic N) is 1. The molecule has 1 aromatic rings. The van der Waals surface area contributed by atoms with Gasteiger partial charge in [0.05, 0.1) is 23.1 Å². The molecule has 0 heterocycles. The van der Waals surface area contributed by atoms with Gasteiger partial charge in [-0.15, -0.1) is 11.8 Å². The zero-order valence-corrected chi connectivity index (χ0v) is 11.5. The van der Waals surface area contributed by atoms with Crippen molar-refractivity contribution in [2.75, 3.05) is 16.8 Å². The molecule has 5 nitrogen and oxygen atoms in total. The van der Waals surface area contributed by atoms with Crippen LogP contribution in [0, 0.1) is 11.3 Å². The molecule has 0 saturated carbocycles. The number of carboxylic acids is 1. The average molecular weight is 329 g/mol. The van der Waals surface area contributed by atoms with Crippen LogP contribution in [-0.2, 0) is 4.79 Å². The van der Waals surface area contributed by atoms with Crippen LogP contribution < -0.4 is 5.32 Å². The highest BCUT2D eigenvalue weighted by Crippen LogP contribution is 2.21. The number of carbonyl (C=O) groups excluding carboxylic acids is 1. The second-order valence-corrected chi connectivity index (χ2v) is 5.04. The Labute approximate surface area is 116 Å². The zero-order valence-electron chi connectivity index (χ0n) is 9.14. The van der Waals surface area contributed by atoms with Gasteiger partial charge in [0.1, 0.15) is 0 Å². The number of thioether (sulfide) groups is 1. The molecule has 94 valence electrons. The van der Waals surface area contributed by atoms with Crippen molar-refractivity contribution in [1.82, 2.24) is 0 Å². The molecule has 0 saturated heterocycles. The third kappa shape index (κ3) is 4.39. The van der Waals surface area contributed by atoms with E-state index in [0.29, 0.717) is 10.2 Å². The Balaban J connectivity index is 2.68. The lowest BCUT2D eigenvalue weighted by Gasteiger charge is -2.06. The molecule has 7 heteroatoms. The van der Waals surface area contributed by atoms with Crippen LogP contribution >= 0.6 is 27.7 Å². The molecule has 0 aliphatic carbocycles. The fourth-order valence-corrected chi connectivity index (χ4v) is 2.02. The first kappa shape index (κ1) is 14.5. The molecule has 0 unspecified atom stereocenters. The highest BCUT2D eigenvalue weighted by molar-refractivity contribution is 9.10. The van der Waals surface area contributed by atoms with Gasteiger partial charge in [0.2, 0.25) is 5.91 Å². The van der Waals surface area contributed by atoms with Crippen molar-refractivity contribution in [3.63, 3.8) is 0 Å². The normalized spacial score (nSPS) is 9.56. The van der Waals surface area contributed by atoms with Gasteiger partial charge in [0.25, 0.3) is 0 Å². The molecule has 1 amide bonds. The Morgan fingerprint density at radius 2 is 2.22 bits per heavy atom. The molecule has 0 aromatic heterocycles. The van der Waals surface area contributed by atoms with Crippen molar-refractivity contribution < 1.29 is 14.7 Å². The number of nitrogens with one attached hydrogen (secondary N) is 1. The van der Waals surface area contributed by atoms with E-state index in [9.17, 15) is 9.59 Å². The summed E-state index contributed by atoms with van der Waals surface area (Å²) in [4.78, 5) is 22.3. The number of nitriles is 1. The summed E-state index contributed by atoms with van der Waals surface area (Å²) in [6.45, 7) is 0. The van der Waals surface area contributed by atoms with E-state index in [1.54, 1.807) is 12.1 Å². The second kappa shape index (κ2) is 7.03. The van der Waals surface area contributed by atoms with Crippen molar-refractivity contribution in [3.8, 4) is 6.07 Å². The van der Waals surface area contributed by atoms with Gasteiger partial charge in [-0.3, -0.25) is 4.79 Å². The lowest BCUT2D eigenvalue weighted by atomic mass is 10.2. The van der Waals surface area contributed by atoms with E-state index >= 15 is 0 Å². The van der Waals surface area contributed by atoms with Crippen LogP contribution in [0.1, 0.15) is 10.4 Å². The van der Waals surface area contributed by atoms with E-state index in [4.69, 9.17) is 10.4 Å². The molecule has 0 radical (unpaired) electrons. The van der Waals surface area contributed by atoms with Crippen LogP contribution in [0.4, 0.5) is 5.69 Å². The fourth-order valence-electron chi connectivity index (χ4n) is 1.15. The lowest BCUT2D eigenvalue weighted by molar-refractivity contribution is -0.113. The largest absolute Gasteiger partial charge is 0.478 e. The highest BCUT2D eigenvalue weighted by Gasteiger charge is 2.10. The third-order valence-electron chi connectivity index (χ3n) is 1.88. The summed E-state index contributed by atoms with van der Waals surface area (Å²) in [5.41, 5.74) is 0.496. The number of amides is 1. The minimum Gasteiger partial charge on any atom is -0.478 e. The molecule has 1 rings (SSSR count). The van der Waals surface area contributed by atoms with Crippen LogP contribution in [-0.4, -0.2) is 28.5 Å². The Kier molecular flexibility index (Phi) is 5.68. The maximum atomic E-state index is 11.5. The van der Waals surface area contributed by atoms with E-state index < -0.39 is 5.97 Å². The Bertz CT molecular complexity index is 514. The molecule has 18 heavy (non-hydrogen) atoms. The molecule has 0 aliphatic rings. The summed E-state index contributed by atoms with van der Waals surface area (Å²) in [7, 11) is 0. The van der Waals surface area contributed by atoms with Crippen LogP contribution in [0.5, 0.6) is 0 Å². The highest BCUT2D eigenvalue weighted by atomic mass is 79.9. The van der Waals surface area contributed by atoms with Crippen molar-refractivity contribution in [3.05, 3.63) is 28.2 Å². The lowest BCUT2D eigenvalue weighted by Crippen LogP contribution is -2.14. The number of halogens is 1. The van der Waals surface area contributed by atoms with Gasteiger partial charge in [-0.2, -0.15) is 5.26 Å². The molecule has 0 fully saturated rings. The standard InChI is InChI=1S/C11H9BrN2O3S/c12-9-2-1-7(5-8(9)11(16)17)14-10(15)6-18-4-3-13/h1-2,5H,4,6H2,(H,14,15)(H,16,17). The number of hydrogen-bond donors (Lipinski definition) is 2. The van der Waals surface area contributed by atoms with Crippen LogP contribution in [0.2, 0.25) is 0 Å². The second-order valence-electron chi connectivity index (χ2n) is 3.20. The predicted octanol–water partition coefficient (Wildman–Crippen LogP) is 2.34. The van der Waals surface area contributed by atoms with Gasteiger partial charge in [-0.1, -0.05) is 0 Å². The summed E-state index contributed by atoms with van der Waals surface area (Å²) < 4.78 is 0.451. The molecule has 0 atom stereocenters. The van der Waals surface area contributed by atoms with E-state index in [-0.39, 0.29) is 23.0 Å². The maximum Gasteiger partial charge on any atom is 0.336 e. The molecule has 0 aliphatic heterocycles. The number of benzene rings is 1. The van der Waals surface area contributed by atoms with Gasteiger partial charge < -0.3 is 10.4 Å². The quantitative estimate of drug-likeness (QED) is 0.809. The van der Waals surface area contributed by atoms with Crippen LogP contribution in [0.3, 0.4) is 0 Å². The predicted molar refractivity (Wildman–Crippen MR) is 72.7 cm³/mol. The minimum atomic E-state index is -1.07. The van der Waals surface area contributed by atoms with E-state index in [0.717, 1.165) is 0 Å². The third-order valence-corrected chi connectivity index (χ3v) is 3.37. The van der Waals surface area contributed by atoms with Gasteiger partial charge >= 0.3 is 5.97 Å². The fraction of sp³-hybridized carbons (Fsp3) is 0.182. The van der Waals surface area contributed by atoms with Gasteiger partial charge in [0.15, 0.2) is 0 Å². The topological polar surface area (TPSA) is 90.2 Å². The van der Waals surface area contributed by atoms with E-state index in [1.807, 2.05) is 6.07 Å².